The second-order valence-electron chi connectivity index (χ2n) is 4.31. The largest absolute Gasteiger partial charge is 0.325 e. The number of hydrogen-bond acceptors (Lipinski definition) is 2. The molecule has 0 aliphatic carbocycles. The molecule has 0 fully saturated rings. The molecular formula is C11H16BrNOS. The van der Waals surface area contributed by atoms with E-state index < -0.39 is 10.8 Å². The summed E-state index contributed by atoms with van der Waals surface area (Å²) in [5.74, 6) is 1.08. The van der Waals surface area contributed by atoms with Crippen LogP contribution in [0.5, 0.6) is 0 Å². The molecule has 1 atom stereocenters. The van der Waals surface area contributed by atoms with E-state index in [4.69, 9.17) is 5.73 Å². The van der Waals surface area contributed by atoms with Crippen molar-refractivity contribution in [3.05, 3.63) is 34.3 Å². The van der Waals surface area contributed by atoms with E-state index in [1.54, 1.807) is 0 Å². The predicted molar refractivity (Wildman–Crippen MR) is 69.1 cm³/mol. The zero-order valence-electron chi connectivity index (χ0n) is 9.00. The summed E-state index contributed by atoms with van der Waals surface area (Å²) in [5, 5.41) is 0. The summed E-state index contributed by atoms with van der Waals surface area (Å²) >= 11 is 3.44. The van der Waals surface area contributed by atoms with Crippen LogP contribution in [0.2, 0.25) is 0 Å². The average Bonchev–Trinajstić information content (AvgIpc) is 2.05. The minimum Gasteiger partial charge on any atom is -0.325 e. The van der Waals surface area contributed by atoms with E-state index in [-0.39, 0.29) is 5.54 Å². The Morgan fingerprint density at radius 1 is 1.40 bits per heavy atom. The molecule has 0 aliphatic heterocycles. The number of benzene rings is 1. The van der Waals surface area contributed by atoms with Crippen molar-refractivity contribution in [3.63, 3.8) is 0 Å². The quantitative estimate of drug-likeness (QED) is 0.925. The number of hydrogen-bond donors (Lipinski definition) is 1. The summed E-state index contributed by atoms with van der Waals surface area (Å²) < 4.78 is 12.8. The highest BCUT2D eigenvalue weighted by molar-refractivity contribution is 9.10. The Bertz CT molecular complexity index is 360. The zero-order chi connectivity index (χ0) is 11.5. The van der Waals surface area contributed by atoms with Gasteiger partial charge in [-0.2, -0.15) is 0 Å². The van der Waals surface area contributed by atoms with Gasteiger partial charge in [0.2, 0.25) is 0 Å². The summed E-state index contributed by atoms with van der Waals surface area (Å²) in [6, 6.07) is 7.83. The lowest BCUT2D eigenvalue weighted by molar-refractivity contribution is 0.577. The van der Waals surface area contributed by atoms with Crippen molar-refractivity contribution in [2.24, 2.45) is 5.73 Å². The summed E-state index contributed by atoms with van der Waals surface area (Å²) in [6.07, 6.45) is 0. The molecule has 1 aromatic rings. The number of nitrogens with two attached hydrogens (primary N) is 1. The number of halogens is 1. The fraction of sp³-hybridized carbons (Fsp3) is 0.455. The van der Waals surface area contributed by atoms with E-state index in [9.17, 15) is 4.21 Å². The van der Waals surface area contributed by atoms with E-state index in [2.05, 4.69) is 15.9 Å². The fourth-order valence-corrected chi connectivity index (χ4v) is 3.40. The van der Waals surface area contributed by atoms with E-state index in [1.165, 1.54) is 0 Å². The van der Waals surface area contributed by atoms with Crippen LogP contribution in [0.1, 0.15) is 19.4 Å². The van der Waals surface area contributed by atoms with Gasteiger partial charge in [0.15, 0.2) is 0 Å². The highest BCUT2D eigenvalue weighted by atomic mass is 79.9. The molecule has 4 heteroatoms. The second-order valence-corrected chi connectivity index (χ2v) is 6.62. The highest BCUT2D eigenvalue weighted by Crippen LogP contribution is 2.18. The molecule has 0 radical (unpaired) electrons. The van der Waals surface area contributed by atoms with Crippen LogP contribution in [0.15, 0.2) is 28.7 Å². The molecule has 15 heavy (non-hydrogen) atoms. The molecule has 0 aliphatic rings. The first-order valence-corrected chi connectivity index (χ1v) is 7.04. The standard InChI is InChI=1S/C11H16BrNOS/c1-11(2,13)8-15(14)7-9-5-3-4-6-10(9)12/h3-6H,7-8,13H2,1-2H3. The van der Waals surface area contributed by atoms with Gasteiger partial charge in [0, 0.05) is 32.3 Å². The lowest BCUT2D eigenvalue weighted by Gasteiger charge is -2.17. The van der Waals surface area contributed by atoms with Crippen LogP contribution in [0.3, 0.4) is 0 Å². The van der Waals surface area contributed by atoms with Crippen LogP contribution in [0.4, 0.5) is 0 Å². The van der Waals surface area contributed by atoms with Crippen LogP contribution in [0.25, 0.3) is 0 Å². The maximum atomic E-state index is 11.8. The molecule has 0 bridgehead atoms. The Hall–Kier alpha value is -0.190. The molecule has 1 aromatic carbocycles. The molecule has 0 aromatic heterocycles. The van der Waals surface area contributed by atoms with Crippen LogP contribution >= 0.6 is 15.9 Å². The zero-order valence-corrected chi connectivity index (χ0v) is 11.4. The maximum absolute atomic E-state index is 11.8. The van der Waals surface area contributed by atoms with Crippen LogP contribution in [-0.4, -0.2) is 15.5 Å². The molecular weight excluding hydrogens is 274 g/mol. The monoisotopic (exact) mass is 289 g/mol. The first-order valence-electron chi connectivity index (χ1n) is 4.76. The van der Waals surface area contributed by atoms with Crippen molar-refractivity contribution in [1.82, 2.24) is 0 Å². The minimum atomic E-state index is -0.906. The number of rotatable bonds is 4. The molecule has 0 amide bonds. The fourth-order valence-electron chi connectivity index (χ4n) is 1.25. The molecule has 2 N–H and O–H groups in total. The van der Waals surface area contributed by atoms with Gasteiger partial charge in [-0.15, -0.1) is 0 Å². The van der Waals surface area contributed by atoms with Crippen molar-refractivity contribution >= 4 is 26.7 Å². The van der Waals surface area contributed by atoms with Crippen LogP contribution in [0, 0.1) is 0 Å². The summed E-state index contributed by atoms with van der Waals surface area (Å²) in [6.45, 7) is 3.79. The Balaban J connectivity index is 2.64. The molecule has 0 saturated heterocycles. The molecule has 2 nitrogen and oxygen atoms in total. The van der Waals surface area contributed by atoms with Gasteiger partial charge in [-0.05, 0) is 25.5 Å². The highest BCUT2D eigenvalue weighted by Gasteiger charge is 2.15. The lowest BCUT2D eigenvalue weighted by Crippen LogP contribution is -2.38. The topological polar surface area (TPSA) is 43.1 Å². The molecule has 84 valence electrons. The second kappa shape index (κ2) is 5.23. The predicted octanol–water partition coefficient (Wildman–Crippen LogP) is 2.44. The van der Waals surface area contributed by atoms with Gasteiger partial charge >= 0.3 is 0 Å². The van der Waals surface area contributed by atoms with E-state index in [1.807, 2.05) is 38.1 Å². The Labute approximate surface area is 102 Å². The third-order valence-electron chi connectivity index (χ3n) is 1.81. The Morgan fingerprint density at radius 2 is 2.00 bits per heavy atom. The Kier molecular flexibility index (Phi) is 4.49. The summed E-state index contributed by atoms with van der Waals surface area (Å²) in [4.78, 5) is 0. The van der Waals surface area contributed by atoms with Gasteiger partial charge in [0.05, 0.1) is 0 Å². The van der Waals surface area contributed by atoms with Crippen molar-refractivity contribution in [1.29, 1.82) is 0 Å². The first kappa shape index (κ1) is 12.9. The van der Waals surface area contributed by atoms with E-state index in [0.29, 0.717) is 11.5 Å². The van der Waals surface area contributed by atoms with Crippen molar-refractivity contribution in [2.75, 3.05) is 5.75 Å². The van der Waals surface area contributed by atoms with Crippen LogP contribution < -0.4 is 5.73 Å². The van der Waals surface area contributed by atoms with E-state index in [0.717, 1.165) is 10.0 Å². The third kappa shape index (κ3) is 4.91. The van der Waals surface area contributed by atoms with Gasteiger partial charge in [0.1, 0.15) is 0 Å². The van der Waals surface area contributed by atoms with E-state index >= 15 is 0 Å². The summed E-state index contributed by atoms with van der Waals surface area (Å²) in [7, 11) is -0.906. The molecule has 0 saturated carbocycles. The van der Waals surface area contributed by atoms with Gasteiger partial charge in [-0.1, -0.05) is 34.1 Å². The van der Waals surface area contributed by atoms with Gasteiger partial charge in [-0.3, -0.25) is 4.21 Å². The SMILES string of the molecule is CC(C)(N)CS(=O)Cc1ccccc1Br. The normalized spacial score (nSPS) is 13.9. The van der Waals surface area contributed by atoms with Gasteiger partial charge < -0.3 is 5.73 Å². The Morgan fingerprint density at radius 3 is 2.53 bits per heavy atom. The van der Waals surface area contributed by atoms with Crippen molar-refractivity contribution in [2.45, 2.75) is 25.1 Å². The van der Waals surface area contributed by atoms with Crippen LogP contribution in [-0.2, 0) is 16.6 Å². The van der Waals surface area contributed by atoms with Crippen molar-refractivity contribution in [3.8, 4) is 0 Å². The first-order chi connectivity index (χ1) is 6.88. The smallest absolute Gasteiger partial charge is 0.0497 e. The maximum Gasteiger partial charge on any atom is 0.0497 e. The summed E-state index contributed by atoms with van der Waals surface area (Å²) in [5.41, 5.74) is 6.52. The molecule has 0 spiro atoms. The third-order valence-corrected chi connectivity index (χ3v) is 4.28. The molecule has 0 heterocycles. The molecule has 1 rings (SSSR count). The van der Waals surface area contributed by atoms with Gasteiger partial charge in [0.25, 0.3) is 0 Å². The van der Waals surface area contributed by atoms with Gasteiger partial charge in [-0.25, -0.2) is 0 Å². The minimum absolute atomic E-state index is 0.369. The molecule has 1 unspecified atom stereocenters. The average molecular weight is 290 g/mol. The lowest BCUT2D eigenvalue weighted by atomic mass is 10.1. The van der Waals surface area contributed by atoms with Crippen molar-refractivity contribution < 1.29 is 4.21 Å².